The van der Waals surface area contributed by atoms with E-state index in [4.69, 9.17) is 21.6 Å². The van der Waals surface area contributed by atoms with E-state index in [1.54, 1.807) is 0 Å². The van der Waals surface area contributed by atoms with Crippen molar-refractivity contribution in [3.8, 4) is 22.4 Å². The van der Waals surface area contributed by atoms with E-state index in [0.29, 0.717) is 27.7 Å². The van der Waals surface area contributed by atoms with Crippen LogP contribution in [0.5, 0.6) is 0 Å². The van der Waals surface area contributed by atoms with Gasteiger partial charge in [0, 0.05) is 11.3 Å². The van der Waals surface area contributed by atoms with Gasteiger partial charge in [0.15, 0.2) is 5.82 Å². The van der Waals surface area contributed by atoms with Gasteiger partial charge in [-0.3, -0.25) is 0 Å². The Morgan fingerprint density at radius 3 is 2.14 bits per heavy atom. The standard InChI is InChI=1S/C32H39ClN2/c1-21(2)32(31(5,6)7)19-24(20-32)18-23(4)34-30-22(3)17-28(33)29(35-30)27-15-13-26(14-16-27)25-11-9-8-10-12-25/h8-17,21,24H,18-20H2,1-7H3. The van der Waals surface area contributed by atoms with Crippen molar-refractivity contribution >= 4 is 23.1 Å². The average molecular weight is 487 g/mol. The van der Waals surface area contributed by atoms with Crippen LogP contribution in [0, 0.1) is 29.6 Å². The molecule has 1 aliphatic carbocycles. The largest absolute Gasteiger partial charge is 0.238 e. The summed E-state index contributed by atoms with van der Waals surface area (Å²) in [6.07, 6.45) is 3.61. The number of aliphatic imine (C=N–C) groups is 1. The topological polar surface area (TPSA) is 25.2 Å². The molecule has 0 unspecified atom stereocenters. The third-order valence-electron chi connectivity index (χ3n) is 8.19. The Kier molecular flexibility index (Phi) is 7.25. The first-order valence-corrected chi connectivity index (χ1v) is 13.2. The fraction of sp³-hybridized carbons (Fsp3) is 0.438. The summed E-state index contributed by atoms with van der Waals surface area (Å²) in [7, 11) is 0. The van der Waals surface area contributed by atoms with E-state index in [0.717, 1.165) is 34.8 Å². The third-order valence-corrected chi connectivity index (χ3v) is 8.48. The van der Waals surface area contributed by atoms with Gasteiger partial charge in [0.2, 0.25) is 0 Å². The zero-order valence-electron chi connectivity index (χ0n) is 22.3. The molecular weight excluding hydrogens is 448 g/mol. The van der Waals surface area contributed by atoms with Crippen molar-refractivity contribution < 1.29 is 0 Å². The molecule has 0 atom stereocenters. The molecule has 0 bridgehead atoms. The molecular formula is C32H39ClN2. The number of halogens is 1. The van der Waals surface area contributed by atoms with Crippen LogP contribution in [0.2, 0.25) is 5.02 Å². The normalized spacial score (nSPS) is 20.7. The summed E-state index contributed by atoms with van der Waals surface area (Å²) in [6.45, 7) is 16.2. The molecule has 1 saturated carbocycles. The van der Waals surface area contributed by atoms with E-state index in [-0.39, 0.29) is 0 Å². The van der Waals surface area contributed by atoms with Crippen LogP contribution in [0.15, 0.2) is 65.7 Å². The molecule has 0 saturated heterocycles. The Labute approximate surface area is 216 Å². The second kappa shape index (κ2) is 9.90. The first-order chi connectivity index (χ1) is 16.5. The van der Waals surface area contributed by atoms with Crippen LogP contribution in [-0.2, 0) is 0 Å². The summed E-state index contributed by atoms with van der Waals surface area (Å²) in [6, 6.07) is 20.8. The van der Waals surface area contributed by atoms with E-state index in [1.807, 2.05) is 19.1 Å². The summed E-state index contributed by atoms with van der Waals surface area (Å²) >= 11 is 6.64. The molecule has 1 heterocycles. The van der Waals surface area contributed by atoms with Gasteiger partial charge in [0.25, 0.3) is 0 Å². The lowest BCUT2D eigenvalue weighted by Crippen LogP contribution is -2.50. The first kappa shape index (κ1) is 25.6. The minimum atomic E-state index is 0.335. The smallest absolute Gasteiger partial charge is 0.155 e. The SMILES string of the molecule is CC(CC1CC(C(C)C)(C(C)(C)C)C1)=Nc1nc(-c2ccc(-c3ccccc3)cc2)c(Cl)cc1C. The fourth-order valence-electron chi connectivity index (χ4n) is 6.05. The van der Waals surface area contributed by atoms with Crippen LogP contribution in [-0.4, -0.2) is 10.7 Å². The molecule has 0 aliphatic heterocycles. The molecule has 2 aromatic carbocycles. The lowest BCUT2D eigenvalue weighted by atomic mass is 9.46. The highest BCUT2D eigenvalue weighted by atomic mass is 35.5. The van der Waals surface area contributed by atoms with E-state index < -0.39 is 0 Å². The average Bonchev–Trinajstić information content (AvgIpc) is 2.77. The molecule has 35 heavy (non-hydrogen) atoms. The predicted octanol–water partition coefficient (Wildman–Crippen LogP) is 9.96. The summed E-state index contributed by atoms with van der Waals surface area (Å²) in [5.74, 6) is 2.18. The van der Waals surface area contributed by atoms with E-state index in [2.05, 4.69) is 90.1 Å². The van der Waals surface area contributed by atoms with Gasteiger partial charge in [-0.15, -0.1) is 0 Å². The minimum Gasteiger partial charge on any atom is -0.238 e. The molecule has 0 radical (unpaired) electrons. The number of rotatable bonds is 6. The van der Waals surface area contributed by atoms with Crippen LogP contribution in [0.3, 0.4) is 0 Å². The van der Waals surface area contributed by atoms with Gasteiger partial charge >= 0.3 is 0 Å². The first-order valence-electron chi connectivity index (χ1n) is 12.9. The highest BCUT2D eigenvalue weighted by Gasteiger charge is 2.53. The Balaban J connectivity index is 1.52. The second-order valence-corrected chi connectivity index (χ2v) is 12.2. The van der Waals surface area contributed by atoms with Crippen LogP contribution in [0.1, 0.15) is 66.4 Å². The monoisotopic (exact) mass is 486 g/mol. The Bertz CT molecular complexity index is 1190. The quantitative estimate of drug-likeness (QED) is 0.318. The van der Waals surface area contributed by atoms with E-state index in [9.17, 15) is 0 Å². The molecule has 1 fully saturated rings. The molecule has 0 spiro atoms. The lowest BCUT2D eigenvalue weighted by Gasteiger charge is -2.59. The van der Waals surface area contributed by atoms with Crippen LogP contribution >= 0.6 is 11.6 Å². The van der Waals surface area contributed by atoms with Crippen molar-refractivity contribution in [2.75, 3.05) is 0 Å². The number of hydrogen-bond acceptors (Lipinski definition) is 2. The number of aryl methyl sites for hydroxylation is 1. The minimum absolute atomic E-state index is 0.335. The number of aromatic nitrogens is 1. The molecule has 3 aromatic rings. The number of pyridine rings is 1. The third kappa shape index (κ3) is 5.23. The van der Waals surface area contributed by atoms with Crippen LogP contribution < -0.4 is 0 Å². The maximum Gasteiger partial charge on any atom is 0.155 e. The van der Waals surface area contributed by atoms with Gasteiger partial charge in [0.1, 0.15) is 0 Å². The highest BCUT2D eigenvalue weighted by molar-refractivity contribution is 6.33. The molecule has 1 aromatic heterocycles. The van der Waals surface area contributed by atoms with Crippen LogP contribution in [0.4, 0.5) is 5.82 Å². The Morgan fingerprint density at radius 1 is 1.00 bits per heavy atom. The summed E-state index contributed by atoms with van der Waals surface area (Å²) in [5.41, 5.74) is 7.12. The molecule has 4 rings (SSSR count). The van der Waals surface area contributed by atoms with Crippen molar-refractivity contribution in [3.05, 3.63) is 71.2 Å². The summed E-state index contributed by atoms with van der Waals surface area (Å²) in [5, 5.41) is 0.664. The van der Waals surface area contributed by atoms with Crippen molar-refractivity contribution in [1.29, 1.82) is 0 Å². The Morgan fingerprint density at radius 2 is 1.57 bits per heavy atom. The van der Waals surface area contributed by atoms with Crippen molar-refractivity contribution in [1.82, 2.24) is 4.98 Å². The molecule has 3 heteroatoms. The number of benzene rings is 2. The van der Waals surface area contributed by atoms with E-state index >= 15 is 0 Å². The molecule has 1 aliphatic rings. The Hall–Kier alpha value is -2.45. The molecule has 0 N–H and O–H groups in total. The molecule has 184 valence electrons. The van der Waals surface area contributed by atoms with E-state index in [1.165, 1.54) is 24.0 Å². The van der Waals surface area contributed by atoms with Gasteiger partial charge in [-0.1, -0.05) is 101 Å². The van der Waals surface area contributed by atoms with Crippen molar-refractivity contribution in [3.63, 3.8) is 0 Å². The van der Waals surface area contributed by atoms with Gasteiger partial charge in [0.05, 0.1) is 10.7 Å². The van der Waals surface area contributed by atoms with Gasteiger partial charge in [-0.2, -0.15) is 0 Å². The summed E-state index contributed by atoms with van der Waals surface area (Å²) < 4.78 is 0. The zero-order valence-corrected chi connectivity index (χ0v) is 23.1. The van der Waals surface area contributed by atoms with Crippen molar-refractivity contribution in [2.24, 2.45) is 27.7 Å². The lowest BCUT2D eigenvalue weighted by molar-refractivity contribution is -0.0880. The van der Waals surface area contributed by atoms with Gasteiger partial charge in [-0.05, 0) is 78.5 Å². The highest BCUT2D eigenvalue weighted by Crippen LogP contribution is 2.61. The maximum absolute atomic E-state index is 6.64. The molecule has 2 nitrogen and oxygen atoms in total. The number of hydrogen-bond donors (Lipinski definition) is 0. The maximum atomic E-state index is 6.64. The zero-order chi connectivity index (χ0) is 25.4. The predicted molar refractivity (Wildman–Crippen MR) is 152 cm³/mol. The van der Waals surface area contributed by atoms with Gasteiger partial charge < -0.3 is 0 Å². The van der Waals surface area contributed by atoms with Crippen molar-refractivity contribution in [2.45, 2.75) is 67.7 Å². The fourth-order valence-corrected chi connectivity index (χ4v) is 6.36. The van der Waals surface area contributed by atoms with Crippen LogP contribution in [0.25, 0.3) is 22.4 Å². The van der Waals surface area contributed by atoms with Gasteiger partial charge in [-0.25, -0.2) is 9.98 Å². The second-order valence-electron chi connectivity index (χ2n) is 11.8. The summed E-state index contributed by atoms with van der Waals surface area (Å²) in [4.78, 5) is 9.89. The number of nitrogens with zero attached hydrogens (tertiary/aromatic N) is 2. The molecule has 0 amide bonds.